The van der Waals surface area contributed by atoms with Gasteiger partial charge in [-0.1, -0.05) is 0 Å². The second-order valence-electron chi connectivity index (χ2n) is 6.47. The predicted octanol–water partition coefficient (Wildman–Crippen LogP) is -2.43. The average molecular weight is 450 g/mol. The number of nitrogens with two attached hydrogens (primary N) is 5. The number of aromatic nitrogens is 12. The highest BCUT2D eigenvalue weighted by Gasteiger charge is 2.14. The van der Waals surface area contributed by atoms with Gasteiger partial charge in [-0.05, 0) is 6.92 Å². The average Bonchev–Trinajstić information content (AvgIpc) is 2.65. The molecule has 0 aliphatic rings. The third-order valence-corrected chi connectivity index (χ3v) is 3.78. The Bertz CT molecular complexity index is 1090. The van der Waals surface area contributed by atoms with Crippen molar-refractivity contribution in [1.29, 1.82) is 0 Å². The SMILES string of the molecule is Cc1nc(N)nc(Cc2nc(Cc3nc(N)nc(N)n3)nc(Nc3nc(N)nc(N)n3)n2)n1. The normalized spacial score (nSPS) is 10.8. The first-order valence-corrected chi connectivity index (χ1v) is 9.22. The summed E-state index contributed by atoms with van der Waals surface area (Å²) in [6, 6.07) is 0. The minimum Gasteiger partial charge on any atom is -0.368 e. The van der Waals surface area contributed by atoms with Crippen LogP contribution in [0.3, 0.4) is 0 Å². The first-order chi connectivity index (χ1) is 15.7. The van der Waals surface area contributed by atoms with Crippen LogP contribution in [0.4, 0.5) is 41.6 Å². The minimum atomic E-state index is -0.0771. The summed E-state index contributed by atoms with van der Waals surface area (Å²) in [5.41, 5.74) is 28.2. The van der Waals surface area contributed by atoms with Gasteiger partial charge in [0.1, 0.15) is 29.1 Å². The van der Waals surface area contributed by atoms with Gasteiger partial charge in [0, 0.05) is 0 Å². The molecule has 0 saturated heterocycles. The van der Waals surface area contributed by atoms with Gasteiger partial charge in [0.2, 0.25) is 41.6 Å². The number of rotatable bonds is 6. The molecule has 4 rings (SSSR count). The molecule has 0 bridgehead atoms. The van der Waals surface area contributed by atoms with Crippen LogP contribution in [0.15, 0.2) is 0 Å². The van der Waals surface area contributed by atoms with Gasteiger partial charge in [0.05, 0.1) is 12.8 Å². The van der Waals surface area contributed by atoms with Crippen molar-refractivity contribution in [2.45, 2.75) is 19.8 Å². The monoisotopic (exact) mass is 450 g/mol. The second-order valence-corrected chi connectivity index (χ2v) is 6.47. The van der Waals surface area contributed by atoms with E-state index in [-0.39, 0.29) is 66.1 Å². The molecule has 0 spiro atoms. The van der Waals surface area contributed by atoms with Crippen molar-refractivity contribution in [1.82, 2.24) is 59.8 Å². The van der Waals surface area contributed by atoms with Crippen LogP contribution in [0.25, 0.3) is 0 Å². The number of anilines is 7. The van der Waals surface area contributed by atoms with Gasteiger partial charge >= 0.3 is 0 Å². The first kappa shape index (κ1) is 21.1. The van der Waals surface area contributed by atoms with Crippen LogP contribution < -0.4 is 34.0 Å². The van der Waals surface area contributed by atoms with Crippen LogP contribution in [-0.2, 0) is 12.8 Å². The van der Waals surface area contributed by atoms with E-state index in [9.17, 15) is 0 Å². The van der Waals surface area contributed by atoms with Crippen molar-refractivity contribution in [3.63, 3.8) is 0 Å². The van der Waals surface area contributed by atoms with E-state index in [2.05, 4.69) is 65.1 Å². The number of hydrogen-bond acceptors (Lipinski definition) is 18. The van der Waals surface area contributed by atoms with Crippen molar-refractivity contribution >= 4 is 41.6 Å². The summed E-state index contributed by atoms with van der Waals surface area (Å²) in [6.07, 6.45) is 0.196. The Labute approximate surface area is 185 Å². The Kier molecular flexibility index (Phi) is 5.45. The Morgan fingerprint density at radius 2 is 0.848 bits per heavy atom. The van der Waals surface area contributed by atoms with Crippen molar-refractivity contribution in [3.05, 3.63) is 29.1 Å². The standard InChI is InChI=1S/C15H18N18/c1-4-21-5(24-9(16)22-4)2-6-23-7(3-8-25-10(17)29-11(18)26-8)28-14(27-6)33-15-31-12(19)30-13(20)32-15/h2-3H2,1H3,(H2,16,21,22,24)(H4,17,18,25,26,29)(H5,19,20,23,27,28,30,31,32,33). The molecule has 33 heavy (non-hydrogen) atoms. The molecular weight excluding hydrogens is 432 g/mol. The second kappa shape index (κ2) is 8.53. The molecule has 0 atom stereocenters. The number of aryl methyl sites for hydroxylation is 1. The fourth-order valence-electron chi connectivity index (χ4n) is 2.71. The maximum atomic E-state index is 5.71. The number of hydrogen-bond donors (Lipinski definition) is 6. The van der Waals surface area contributed by atoms with Gasteiger partial charge in [0.15, 0.2) is 0 Å². The van der Waals surface area contributed by atoms with Crippen molar-refractivity contribution in [2.75, 3.05) is 34.0 Å². The topological polar surface area (TPSA) is 297 Å². The molecule has 4 aromatic heterocycles. The Morgan fingerprint density at radius 1 is 0.455 bits per heavy atom. The van der Waals surface area contributed by atoms with E-state index in [0.29, 0.717) is 17.5 Å². The Hall–Kier alpha value is -5.16. The molecule has 11 N–H and O–H groups in total. The van der Waals surface area contributed by atoms with Crippen LogP contribution in [0.1, 0.15) is 29.1 Å². The fraction of sp³-hybridized carbons (Fsp3) is 0.200. The van der Waals surface area contributed by atoms with E-state index >= 15 is 0 Å². The first-order valence-electron chi connectivity index (χ1n) is 9.22. The molecule has 4 aromatic rings. The Morgan fingerprint density at radius 3 is 1.36 bits per heavy atom. The van der Waals surface area contributed by atoms with E-state index in [4.69, 9.17) is 28.7 Å². The molecule has 0 fully saturated rings. The molecular formula is C15H18N18. The van der Waals surface area contributed by atoms with Crippen LogP contribution in [0.5, 0.6) is 0 Å². The lowest BCUT2D eigenvalue weighted by Crippen LogP contribution is -2.14. The molecule has 0 radical (unpaired) electrons. The predicted molar refractivity (Wildman–Crippen MR) is 115 cm³/mol. The molecule has 0 unspecified atom stereocenters. The summed E-state index contributed by atoms with van der Waals surface area (Å²) in [6.45, 7) is 1.69. The highest BCUT2D eigenvalue weighted by atomic mass is 15.3. The summed E-state index contributed by atoms with van der Waals surface area (Å²) in [4.78, 5) is 48.9. The van der Waals surface area contributed by atoms with Crippen molar-refractivity contribution < 1.29 is 0 Å². The lowest BCUT2D eigenvalue weighted by atomic mass is 10.3. The summed E-state index contributed by atoms with van der Waals surface area (Å²) in [7, 11) is 0. The van der Waals surface area contributed by atoms with Gasteiger partial charge in [0.25, 0.3) is 0 Å². The largest absolute Gasteiger partial charge is 0.368 e. The number of nitrogens with zero attached hydrogens (tertiary/aromatic N) is 12. The molecule has 0 amide bonds. The highest BCUT2D eigenvalue weighted by Crippen LogP contribution is 2.13. The third kappa shape index (κ3) is 5.51. The van der Waals surface area contributed by atoms with E-state index in [1.165, 1.54) is 0 Å². The third-order valence-electron chi connectivity index (χ3n) is 3.78. The molecule has 18 heteroatoms. The number of nitrogens with one attached hydrogen (secondary N) is 1. The molecule has 18 nitrogen and oxygen atoms in total. The molecule has 4 heterocycles. The van der Waals surface area contributed by atoms with Gasteiger partial charge in [-0.25, -0.2) is 9.97 Å². The van der Waals surface area contributed by atoms with E-state index in [1.54, 1.807) is 6.92 Å². The van der Waals surface area contributed by atoms with E-state index < -0.39 is 0 Å². The molecule has 168 valence electrons. The van der Waals surface area contributed by atoms with E-state index in [1.807, 2.05) is 0 Å². The maximum absolute atomic E-state index is 5.71. The lowest BCUT2D eigenvalue weighted by Gasteiger charge is -2.09. The lowest BCUT2D eigenvalue weighted by molar-refractivity contribution is 0.796. The van der Waals surface area contributed by atoms with Crippen LogP contribution in [-0.4, -0.2) is 59.8 Å². The zero-order valence-corrected chi connectivity index (χ0v) is 17.2. The zero-order chi connectivity index (χ0) is 23.5. The van der Waals surface area contributed by atoms with E-state index in [0.717, 1.165) is 0 Å². The summed E-state index contributed by atoms with van der Waals surface area (Å²) in [5.74, 6) is 1.66. The quantitative estimate of drug-likeness (QED) is 0.178. The van der Waals surface area contributed by atoms with Crippen LogP contribution in [0.2, 0.25) is 0 Å². The molecule has 0 aliphatic heterocycles. The molecule has 0 aromatic carbocycles. The smallest absolute Gasteiger partial charge is 0.236 e. The van der Waals surface area contributed by atoms with Crippen molar-refractivity contribution in [3.8, 4) is 0 Å². The van der Waals surface area contributed by atoms with Crippen LogP contribution in [0, 0.1) is 6.92 Å². The molecule has 0 aliphatic carbocycles. The Balaban J connectivity index is 1.71. The van der Waals surface area contributed by atoms with Gasteiger partial charge in [-0.3, -0.25) is 5.32 Å². The van der Waals surface area contributed by atoms with Gasteiger partial charge in [-0.2, -0.15) is 49.8 Å². The summed E-state index contributed by atoms with van der Waals surface area (Å²) < 4.78 is 0. The fourth-order valence-corrected chi connectivity index (χ4v) is 2.71. The minimum absolute atomic E-state index is 0.0302. The maximum Gasteiger partial charge on any atom is 0.236 e. The van der Waals surface area contributed by atoms with Crippen molar-refractivity contribution in [2.24, 2.45) is 0 Å². The molecule has 0 saturated carbocycles. The highest BCUT2D eigenvalue weighted by molar-refractivity contribution is 5.46. The number of nitrogen functional groups attached to an aromatic ring is 5. The van der Waals surface area contributed by atoms with Crippen LogP contribution >= 0.6 is 0 Å². The van der Waals surface area contributed by atoms with Gasteiger partial charge < -0.3 is 28.7 Å². The zero-order valence-electron chi connectivity index (χ0n) is 17.2. The summed E-state index contributed by atoms with van der Waals surface area (Å²) in [5, 5.41) is 2.82. The summed E-state index contributed by atoms with van der Waals surface area (Å²) >= 11 is 0. The van der Waals surface area contributed by atoms with Gasteiger partial charge in [-0.15, -0.1) is 0 Å².